The van der Waals surface area contributed by atoms with Crippen molar-refractivity contribution < 1.29 is 13.9 Å². The molecule has 0 aliphatic carbocycles. The predicted octanol–water partition coefficient (Wildman–Crippen LogP) is 5.22. The number of nitrogens with one attached hydrogen (secondary N) is 1. The summed E-state index contributed by atoms with van der Waals surface area (Å²) >= 11 is 0. The average Bonchev–Trinajstić information content (AvgIpc) is 3.04. The predicted molar refractivity (Wildman–Crippen MR) is 104 cm³/mol. The number of fused-ring (bicyclic) bond motifs is 1. The van der Waals surface area contributed by atoms with Gasteiger partial charge < -0.3 is 14.5 Å². The van der Waals surface area contributed by atoms with Crippen LogP contribution in [0, 0.1) is 5.92 Å². The molecule has 3 rings (SSSR count). The van der Waals surface area contributed by atoms with E-state index < -0.39 is 0 Å². The lowest BCUT2D eigenvalue weighted by atomic mass is 10.0. The second-order valence-electron chi connectivity index (χ2n) is 6.96. The molecule has 3 aromatic rings. The fourth-order valence-corrected chi connectivity index (χ4v) is 2.64. The lowest BCUT2D eigenvalue weighted by Gasteiger charge is -2.12. The Morgan fingerprint density at radius 3 is 2.54 bits per heavy atom. The number of carbonyl (C=O) groups excluding carboxylic acids is 1. The number of rotatable bonds is 5. The van der Waals surface area contributed by atoms with Crippen LogP contribution in [0.1, 0.15) is 39.2 Å². The number of amides is 1. The zero-order chi connectivity index (χ0) is 18.8. The van der Waals surface area contributed by atoms with Crippen LogP contribution in [0.25, 0.3) is 22.6 Å². The number of benzene rings is 2. The fraction of sp³-hybridized carbons (Fsp3) is 0.333. The number of oxazole rings is 1. The van der Waals surface area contributed by atoms with Crippen molar-refractivity contribution >= 4 is 22.7 Å². The topological polar surface area (TPSA) is 64.4 Å². The van der Waals surface area contributed by atoms with Crippen molar-refractivity contribution in [3.63, 3.8) is 0 Å². The zero-order valence-electron chi connectivity index (χ0n) is 15.8. The maximum absolute atomic E-state index is 12.1. The van der Waals surface area contributed by atoms with E-state index in [1.165, 1.54) is 5.56 Å². The van der Waals surface area contributed by atoms with E-state index in [9.17, 15) is 4.79 Å². The molecule has 5 heteroatoms. The van der Waals surface area contributed by atoms with E-state index in [1.54, 1.807) is 13.2 Å². The van der Waals surface area contributed by atoms with E-state index in [0.29, 0.717) is 23.2 Å². The highest BCUT2D eigenvalue weighted by Gasteiger charge is 2.15. The third-order valence-electron chi connectivity index (χ3n) is 4.31. The molecule has 2 aromatic carbocycles. The standard InChI is InChI=1S/C21H24N2O3/c1-12(2)14-6-9-19-17(10-14)23-21(26-19)15-7-8-18(25-5)16(11-15)22-20(24)13(3)4/h6-13H,1-5H3,(H,22,24). The summed E-state index contributed by atoms with van der Waals surface area (Å²) in [7, 11) is 1.58. The molecule has 136 valence electrons. The number of carbonyl (C=O) groups is 1. The number of anilines is 1. The molecule has 1 heterocycles. The smallest absolute Gasteiger partial charge is 0.227 e. The summed E-state index contributed by atoms with van der Waals surface area (Å²) in [5.74, 6) is 1.35. The van der Waals surface area contributed by atoms with Gasteiger partial charge in [-0.05, 0) is 41.8 Å². The fourth-order valence-electron chi connectivity index (χ4n) is 2.64. The van der Waals surface area contributed by atoms with Gasteiger partial charge in [-0.3, -0.25) is 4.79 Å². The van der Waals surface area contributed by atoms with Crippen molar-refractivity contribution in [3.8, 4) is 17.2 Å². The van der Waals surface area contributed by atoms with Gasteiger partial charge >= 0.3 is 0 Å². The van der Waals surface area contributed by atoms with Crippen LogP contribution >= 0.6 is 0 Å². The Balaban J connectivity index is 2.00. The van der Waals surface area contributed by atoms with E-state index >= 15 is 0 Å². The molecule has 0 bridgehead atoms. The summed E-state index contributed by atoms with van der Waals surface area (Å²) in [6.45, 7) is 7.99. The van der Waals surface area contributed by atoms with Gasteiger partial charge in [-0.25, -0.2) is 4.98 Å². The van der Waals surface area contributed by atoms with Gasteiger partial charge in [0.1, 0.15) is 11.3 Å². The molecule has 1 amide bonds. The molecule has 0 unspecified atom stereocenters. The highest BCUT2D eigenvalue weighted by molar-refractivity contribution is 5.94. The summed E-state index contributed by atoms with van der Waals surface area (Å²) in [5, 5.41) is 2.90. The Bertz CT molecular complexity index is 942. The maximum Gasteiger partial charge on any atom is 0.227 e. The zero-order valence-corrected chi connectivity index (χ0v) is 15.8. The molecular formula is C21H24N2O3. The first-order valence-corrected chi connectivity index (χ1v) is 8.78. The maximum atomic E-state index is 12.1. The van der Waals surface area contributed by atoms with Crippen molar-refractivity contribution in [1.29, 1.82) is 0 Å². The summed E-state index contributed by atoms with van der Waals surface area (Å²) in [5.41, 5.74) is 4.18. The first-order valence-electron chi connectivity index (χ1n) is 8.78. The Morgan fingerprint density at radius 1 is 1.12 bits per heavy atom. The summed E-state index contributed by atoms with van der Waals surface area (Å²) in [4.78, 5) is 16.7. The number of methoxy groups -OCH3 is 1. The third kappa shape index (κ3) is 3.57. The quantitative estimate of drug-likeness (QED) is 0.683. The van der Waals surface area contributed by atoms with Crippen LogP contribution in [0.5, 0.6) is 5.75 Å². The van der Waals surface area contributed by atoms with E-state index in [0.717, 1.165) is 16.7 Å². The normalized spacial score (nSPS) is 11.3. The van der Waals surface area contributed by atoms with Crippen LogP contribution in [0.3, 0.4) is 0 Å². The molecule has 1 N–H and O–H groups in total. The summed E-state index contributed by atoms with van der Waals surface area (Å²) in [6, 6.07) is 11.6. The Hall–Kier alpha value is -2.82. The van der Waals surface area contributed by atoms with Gasteiger partial charge in [0.05, 0.1) is 12.8 Å². The second-order valence-corrected chi connectivity index (χ2v) is 6.96. The van der Waals surface area contributed by atoms with E-state index in [-0.39, 0.29) is 11.8 Å². The number of nitrogens with zero attached hydrogens (tertiary/aromatic N) is 1. The highest BCUT2D eigenvalue weighted by Crippen LogP contribution is 2.32. The molecule has 0 fully saturated rings. The number of hydrogen-bond donors (Lipinski definition) is 1. The molecule has 0 saturated heterocycles. The van der Waals surface area contributed by atoms with Gasteiger partial charge in [0, 0.05) is 11.5 Å². The van der Waals surface area contributed by atoms with Crippen LogP contribution in [0.2, 0.25) is 0 Å². The average molecular weight is 352 g/mol. The lowest BCUT2D eigenvalue weighted by Crippen LogP contribution is -2.18. The second kappa shape index (κ2) is 7.20. The number of aromatic nitrogens is 1. The van der Waals surface area contributed by atoms with Gasteiger partial charge in [-0.2, -0.15) is 0 Å². The van der Waals surface area contributed by atoms with Crippen LogP contribution in [-0.4, -0.2) is 18.0 Å². The molecule has 26 heavy (non-hydrogen) atoms. The first-order chi connectivity index (χ1) is 12.4. The molecular weight excluding hydrogens is 328 g/mol. The molecule has 5 nitrogen and oxygen atoms in total. The summed E-state index contributed by atoms with van der Waals surface area (Å²) < 4.78 is 11.3. The molecule has 0 spiro atoms. The van der Waals surface area contributed by atoms with Crippen molar-refractivity contribution in [3.05, 3.63) is 42.0 Å². The number of hydrogen-bond acceptors (Lipinski definition) is 4. The van der Waals surface area contributed by atoms with Crippen molar-refractivity contribution in [1.82, 2.24) is 4.98 Å². The van der Waals surface area contributed by atoms with E-state index in [1.807, 2.05) is 32.0 Å². The molecule has 0 saturated carbocycles. The third-order valence-corrected chi connectivity index (χ3v) is 4.31. The van der Waals surface area contributed by atoms with Gasteiger partial charge in [-0.15, -0.1) is 0 Å². The van der Waals surface area contributed by atoms with Crippen molar-refractivity contribution in [2.45, 2.75) is 33.6 Å². The minimum Gasteiger partial charge on any atom is -0.495 e. The molecule has 0 atom stereocenters. The van der Waals surface area contributed by atoms with Crippen LogP contribution in [0.15, 0.2) is 40.8 Å². The van der Waals surface area contributed by atoms with E-state index in [2.05, 4.69) is 36.3 Å². The molecule has 0 radical (unpaired) electrons. The highest BCUT2D eigenvalue weighted by atomic mass is 16.5. The van der Waals surface area contributed by atoms with Crippen LogP contribution < -0.4 is 10.1 Å². The largest absolute Gasteiger partial charge is 0.495 e. The van der Waals surface area contributed by atoms with Crippen LogP contribution in [0.4, 0.5) is 5.69 Å². The van der Waals surface area contributed by atoms with Gasteiger partial charge in [-0.1, -0.05) is 33.8 Å². The Morgan fingerprint density at radius 2 is 1.88 bits per heavy atom. The van der Waals surface area contributed by atoms with Crippen molar-refractivity contribution in [2.75, 3.05) is 12.4 Å². The molecule has 0 aliphatic heterocycles. The van der Waals surface area contributed by atoms with E-state index in [4.69, 9.17) is 9.15 Å². The SMILES string of the molecule is COc1ccc(-c2nc3cc(C(C)C)ccc3o2)cc1NC(=O)C(C)C. The van der Waals surface area contributed by atoms with Gasteiger partial charge in [0.15, 0.2) is 5.58 Å². The van der Waals surface area contributed by atoms with Gasteiger partial charge in [0.25, 0.3) is 0 Å². The number of ether oxygens (including phenoxy) is 1. The molecule has 0 aliphatic rings. The monoisotopic (exact) mass is 352 g/mol. The summed E-state index contributed by atoms with van der Waals surface area (Å²) in [6.07, 6.45) is 0. The minimum atomic E-state index is -0.123. The first kappa shape index (κ1) is 18.0. The lowest BCUT2D eigenvalue weighted by molar-refractivity contribution is -0.118. The Labute approximate surface area is 153 Å². The Kier molecular flexibility index (Phi) is 4.98. The minimum absolute atomic E-state index is 0.0698. The van der Waals surface area contributed by atoms with Crippen LogP contribution in [-0.2, 0) is 4.79 Å². The van der Waals surface area contributed by atoms with Gasteiger partial charge in [0.2, 0.25) is 11.8 Å². The molecule has 1 aromatic heterocycles. The van der Waals surface area contributed by atoms with Crippen molar-refractivity contribution in [2.24, 2.45) is 5.92 Å².